The highest BCUT2D eigenvalue weighted by Crippen LogP contribution is 2.25. The van der Waals surface area contributed by atoms with Crippen LogP contribution in [0, 0.1) is 0 Å². The third-order valence-corrected chi connectivity index (χ3v) is 3.75. The Balaban J connectivity index is 2.31. The molecule has 2 heteroatoms. The third kappa shape index (κ3) is 3.61. The van der Waals surface area contributed by atoms with Gasteiger partial charge in [0.1, 0.15) is 5.75 Å². The normalized spacial score (nSPS) is 12.6. The fraction of sp³-hybridized carbons (Fsp3) is 0.333. The summed E-state index contributed by atoms with van der Waals surface area (Å²) in [4.78, 5) is 0. The van der Waals surface area contributed by atoms with E-state index < -0.39 is 0 Å². The van der Waals surface area contributed by atoms with Gasteiger partial charge in [-0.2, -0.15) is 0 Å². The van der Waals surface area contributed by atoms with Gasteiger partial charge in [0.2, 0.25) is 0 Å². The summed E-state index contributed by atoms with van der Waals surface area (Å²) in [5, 5.41) is 13.2. The van der Waals surface area contributed by atoms with Gasteiger partial charge in [-0.05, 0) is 36.1 Å². The second-order valence-electron chi connectivity index (χ2n) is 5.12. The van der Waals surface area contributed by atoms with Crippen LogP contribution in [0.1, 0.15) is 43.9 Å². The summed E-state index contributed by atoms with van der Waals surface area (Å²) in [6.07, 6.45) is 2.22. The lowest BCUT2D eigenvalue weighted by Gasteiger charge is -2.25. The molecule has 2 aromatic rings. The Morgan fingerprint density at radius 3 is 1.95 bits per heavy atom. The lowest BCUT2D eigenvalue weighted by Crippen LogP contribution is -2.32. The van der Waals surface area contributed by atoms with Crippen LogP contribution in [-0.4, -0.2) is 11.1 Å². The molecule has 0 spiro atoms. The summed E-state index contributed by atoms with van der Waals surface area (Å²) in [5.74, 6) is 0.308. The van der Waals surface area contributed by atoms with Crippen molar-refractivity contribution in [2.24, 2.45) is 0 Å². The third-order valence-electron chi connectivity index (χ3n) is 3.75. The van der Waals surface area contributed by atoms with Crippen LogP contribution in [0.3, 0.4) is 0 Å². The Hall–Kier alpha value is -1.80. The molecule has 2 nitrogen and oxygen atoms in total. The van der Waals surface area contributed by atoms with Gasteiger partial charge in [0.05, 0.1) is 6.04 Å². The van der Waals surface area contributed by atoms with Crippen molar-refractivity contribution in [2.45, 2.75) is 38.8 Å². The van der Waals surface area contributed by atoms with Gasteiger partial charge in [0.15, 0.2) is 0 Å². The van der Waals surface area contributed by atoms with Crippen LogP contribution in [-0.2, 0) is 0 Å². The van der Waals surface area contributed by atoms with Crippen LogP contribution in [0.15, 0.2) is 54.6 Å². The van der Waals surface area contributed by atoms with Crippen molar-refractivity contribution in [3.63, 3.8) is 0 Å². The maximum Gasteiger partial charge on any atom is 0.115 e. The van der Waals surface area contributed by atoms with Gasteiger partial charge >= 0.3 is 0 Å². The molecule has 2 N–H and O–H groups in total. The molecular weight excluding hydrogens is 246 g/mol. The van der Waals surface area contributed by atoms with Crippen LogP contribution < -0.4 is 5.32 Å². The summed E-state index contributed by atoms with van der Waals surface area (Å²) in [7, 11) is 0. The molecule has 0 amide bonds. The molecule has 20 heavy (non-hydrogen) atoms. The van der Waals surface area contributed by atoms with Crippen molar-refractivity contribution < 1.29 is 5.11 Å². The Bertz CT molecular complexity index is 503. The maximum absolute atomic E-state index is 9.46. The zero-order valence-corrected chi connectivity index (χ0v) is 12.2. The molecule has 0 heterocycles. The summed E-state index contributed by atoms with van der Waals surface area (Å²) >= 11 is 0. The molecule has 0 fully saturated rings. The molecule has 0 saturated heterocycles. The fourth-order valence-electron chi connectivity index (χ4n) is 2.46. The van der Waals surface area contributed by atoms with E-state index in [0.29, 0.717) is 11.8 Å². The molecule has 0 aliphatic heterocycles. The smallest absolute Gasteiger partial charge is 0.115 e. The zero-order valence-electron chi connectivity index (χ0n) is 12.2. The average molecular weight is 269 g/mol. The van der Waals surface area contributed by atoms with Gasteiger partial charge < -0.3 is 10.4 Å². The van der Waals surface area contributed by atoms with E-state index in [2.05, 4.69) is 43.4 Å². The van der Waals surface area contributed by atoms with Crippen LogP contribution in [0.5, 0.6) is 5.75 Å². The molecular formula is C18H23NO. The SMILES string of the molecule is CCC(CC)NC(c1ccccc1)c1ccc(O)cc1. The summed E-state index contributed by atoms with van der Waals surface area (Å²) < 4.78 is 0. The molecule has 0 aromatic heterocycles. The zero-order chi connectivity index (χ0) is 14.4. The Morgan fingerprint density at radius 1 is 0.850 bits per heavy atom. The standard InChI is InChI=1S/C18H23NO/c1-3-16(4-2)19-18(14-8-6-5-7-9-14)15-10-12-17(20)13-11-15/h5-13,16,18-20H,3-4H2,1-2H3. The van der Waals surface area contributed by atoms with Crippen molar-refractivity contribution in [3.05, 3.63) is 65.7 Å². The minimum atomic E-state index is 0.168. The second kappa shape index (κ2) is 7.11. The van der Waals surface area contributed by atoms with Crippen molar-refractivity contribution in [2.75, 3.05) is 0 Å². The highest BCUT2D eigenvalue weighted by Gasteiger charge is 2.16. The average Bonchev–Trinajstić information content (AvgIpc) is 2.51. The monoisotopic (exact) mass is 269 g/mol. The van der Waals surface area contributed by atoms with E-state index in [9.17, 15) is 5.11 Å². The van der Waals surface area contributed by atoms with Gasteiger partial charge in [-0.1, -0.05) is 56.3 Å². The fourth-order valence-corrected chi connectivity index (χ4v) is 2.46. The van der Waals surface area contributed by atoms with Gasteiger partial charge in [-0.25, -0.2) is 0 Å². The van der Waals surface area contributed by atoms with Crippen molar-refractivity contribution in [1.82, 2.24) is 5.32 Å². The predicted molar refractivity (Wildman–Crippen MR) is 83.9 cm³/mol. The van der Waals surface area contributed by atoms with Crippen LogP contribution in [0.4, 0.5) is 0 Å². The molecule has 1 atom stereocenters. The Morgan fingerprint density at radius 2 is 1.40 bits per heavy atom. The van der Waals surface area contributed by atoms with Crippen molar-refractivity contribution in [1.29, 1.82) is 0 Å². The molecule has 2 aromatic carbocycles. The minimum Gasteiger partial charge on any atom is -0.508 e. The van der Waals surface area contributed by atoms with Crippen LogP contribution in [0.2, 0.25) is 0 Å². The first-order valence-electron chi connectivity index (χ1n) is 7.34. The molecule has 0 aliphatic rings. The first kappa shape index (κ1) is 14.6. The van der Waals surface area contributed by atoms with Crippen molar-refractivity contribution in [3.8, 4) is 5.75 Å². The van der Waals surface area contributed by atoms with Gasteiger partial charge in [0, 0.05) is 6.04 Å². The van der Waals surface area contributed by atoms with E-state index in [1.54, 1.807) is 12.1 Å². The lowest BCUT2D eigenvalue weighted by molar-refractivity contribution is 0.446. The molecule has 106 valence electrons. The number of nitrogens with one attached hydrogen (secondary N) is 1. The second-order valence-corrected chi connectivity index (χ2v) is 5.12. The number of aromatic hydroxyl groups is 1. The van der Waals surface area contributed by atoms with Crippen LogP contribution >= 0.6 is 0 Å². The van der Waals surface area contributed by atoms with Gasteiger partial charge in [-0.3, -0.25) is 0 Å². The molecule has 0 saturated carbocycles. The predicted octanol–water partition coefficient (Wildman–Crippen LogP) is 4.26. The number of benzene rings is 2. The lowest BCUT2D eigenvalue weighted by atomic mass is 9.97. The molecule has 0 bridgehead atoms. The molecule has 0 radical (unpaired) electrons. The Labute approximate surface area is 121 Å². The highest BCUT2D eigenvalue weighted by atomic mass is 16.3. The van der Waals surface area contributed by atoms with E-state index in [1.165, 1.54) is 11.1 Å². The topological polar surface area (TPSA) is 32.3 Å². The number of phenolic OH excluding ortho intramolecular Hbond substituents is 1. The molecule has 0 aliphatic carbocycles. The summed E-state index contributed by atoms with van der Waals surface area (Å²) in [5.41, 5.74) is 2.44. The van der Waals surface area contributed by atoms with E-state index in [1.807, 2.05) is 18.2 Å². The van der Waals surface area contributed by atoms with Gasteiger partial charge in [-0.15, -0.1) is 0 Å². The quantitative estimate of drug-likeness (QED) is 0.821. The van der Waals surface area contributed by atoms with Gasteiger partial charge in [0.25, 0.3) is 0 Å². The molecule has 1 unspecified atom stereocenters. The first-order valence-corrected chi connectivity index (χ1v) is 7.34. The van der Waals surface area contributed by atoms with E-state index in [0.717, 1.165) is 12.8 Å². The number of hydrogen-bond acceptors (Lipinski definition) is 2. The van der Waals surface area contributed by atoms with E-state index in [-0.39, 0.29) is 6.04 Å². The summed E-state index contributed by atoms with van der Waals surface area (Å²) in [6.45, 7) is 4.42. The van der Waals surface area contributed by atoms with E-state index >= 15 is 0 Å². The highest BCUT2D eigenvalue weighted by molar-refractivity contribution is 5.35. The van der Waals surface area contributed by atoms with Crippen LogP contribution in [0.25, 0.3) is 0 Å². The van der Waals surface area contributed by atoms with Crippen molar-refractivity contribution >= 4 is 0 Å². The number of hydrogen-bond donors (Lipinski definition) is 2. The number of phenols is 1. The Kier molecular flexibility index (Phi) is 5.19. The minimum absolute atomic E-state index is 0.168. The maximum atomic E-state index is 9.46. The molecule has 2 rings (SSSR count). The summed E-state index contributed by atoms with van der Waals surface area (Å²) in [6, 6.07) is 18.6. The largest absolute Gasteiger partial charge is 0.508 e. The van der Waals surface area contributed by atoms with E-state index in [4.69, 9.17) is 0 Å². The first-order chi connectivity index (χ1) is 9.74. The number of rotatable bonds is 6.